The average Bonchev–Trinajstić information content (AvgIpc) is 2.81. The van der Waals surface area contributed by atoms with Crippen molar-refractivity contribution in [2.24, 2.45) is 5.92 Å². The van der Waals surface area contributed by atoms with Crippen molar-refractivity contribution in [1.29, 1.82) is 0 Å². The lowest BCUT2D eigenvalue weighted by Gasteiger charge is -2.20. The molecule has 1 aromatic carbocycles. The number of hydrogen-bond donors (Lipinski definition) is 1. The molecule has 2 rings (SSSR count). The van der Waals surface area contributed by atoms with Crippen LogP contribution in [0.5, 0.6) is 0 Å². The summed E-state index contributed by atoms with van der Waals surface area (Å²) in [6.45, 7) is 3.32. The van der Waals surface area contributed by atoms with Crippen molar-refractivity contribution in [2.45, 2.75) is 45.2 Å². The molecule has 0 aromatic heterocycles. The minimum atomic E-state index is 0.658. The maximum atomic E-state index is 3.64. The van der Waals surface area contributed by atoms with Gasteiger partial charge in [-0.3, -0.25) is 0 Å². The zero-order valence-electron chi connectivity index (χ0n) is 9.88. The summed E-state index contributed by atoms with van der Waals surface area (Å²) in [6.07, 6.45) is 5.67. The van der Waals surface area contributed by atoms with E-state index >= 15 is 0 Å². The minimum Gasteiger partial charge on any atom is -0.310 e. The summed E-state index contributed by atoms with van der Waals surface area (Å²) in [4.78, 5) is 0. The maximum absolute atomic E-state index is 3.64. The fourth-order valence-corrected chi connectivity index (χ4v) is 2.77. The van der Waals surface area contributed by atoms with Crippen LogP contribution in [0.4, 0.5) is 0 Å². The molecule has 1 N–H and O–H groups in total. The van der Waals surface area contributed by atoms with E-state index in [1.807, 2.05) is 0 Å². The van der Waals surface area contributed by atoms with Crippen molar-refractivity contribution >= 4 is 15.9 Å². The zero-order chi connectivity index (χ0) is 11.4. The third-order valence-electron chi connectivity index (χ3n) is 3.65. The van der Waals surface area contributed by atoms with Crippen molar-refractivity contribution in [3.05, 3.63) is 34.3 Å². The van der Waals surface area contributed by atoms with Gasteiger partial charge in [0.25, 0.3) is 0 Å². The van der Waals surface area contributed by atoms with Crippen molar-refractivity contribution in [2.75, 3.05) is 0 Å². The van der Waals surface area contributed by atoms with Crippen LogP contribution in [0, 0.1) is 5.92 Å². The molecule has 1 atom stereocenters. The Morgan fingerprint density at radius 1 is 1.25 bits per heavy atom. The van der Waals surface area contributed by atoms with E-state index < -0.39 is 0 Å². The molecule has 88 valence electrons. The van der Waals surface area contributed by atoms with Gasteiger partial charge in [-0.05, 0) is 43.4 Å². The SMILES string of the molecule is C[C@@H](NCc1ccc(Br)cc1)C1CCCC1. The number of hydrogen-bond acceptors (Lipinski definition) is 1. The maximum Gasteiger partial charge on any atom is 0.0208 e. The number of nitrogens with one attached hydrogen (secondary N) is 1. The lowest BCUT2D eigenvalue weighted by molar-refractivity contribution is 0.380. The predicted molar refractivity (Wildman–Crippen MR) is 72.4 cm³/mol. The van der Waals surface area contributed by atoms with Crippen molar-refractivity contribution in [1.82, 2.24) is 5.32 Å². The summed E-state index contributed by atoms with van der Waals surface area (Å²) in [6, 6.07) is 9.23. The fourth-order valence-electron chi connectivity index (χ4n) is 2.51. The van der Waals surface area contributed by atoms with Crippen LogP contribution >= 0.6 is 15.9 Å². The van der Waals surface area contributed by atoms with Crippen molar-refractivity contribution in [3.8, 4) is 0 Å². The summed E-state index contributed by atoms with van der Waals surface area (Å²) in [5, 5.41) is 3.64. The number of benzene rings is 1. The zero-order valence-corrected chi connectivity index (χ0v) is 11.5. The molecule has 0 unspecified atom stereocenters. The van der Waals surface area contributed by atoms with E-state index in [1.165, 1.54) is 31.2 Å². The highest BCUT2D eigenvalue weighted by Gasteiger charge is 2.20. The highest BCUT2D eigenvalue weighted by molar-refractivity contribution is 9.10. The van der Waals surface area contributed by atoms with E-state index in [2.05, 4.69) is 52.4 Å². The van der Waals surface area contributed by atoms with Gasteiger partial charge in [-0.15, -0.1) is 0 Å². The van der Waals surface area contributed by atoms with Crippen molar-refractivity contribution < 1.29 is 0 Å². The minimum absolute atomic E-state index is 0.658. The third-order valence-corrected chi connectivity index (χ3v) is 4.18. The second-order valence-corrected chi connectivity index (χ2v) is 5.76. The van der Waals surface area contributed by atoms with Crippen molar-refractivity contribution in [3.63, 3.8) is 0 Å². The summed E-state index contributed by atoms with van der Waals surface area (Å²) >= 11 is 3.46. The molecule has 1 aliphatic carbocycles. The van der Waals surface area contributed by atoms with Gasteiger partial charge in [-0.25, -0.2) is 0 Å². The Kier molecular flexibility index (Phi) is 4.42. The largest absolute Gasteiger partial charge is 0.310 e. The smallest absolute Gasteiger partial charge is 0.0208 e. The molecule has 16 heavy (non-hydrogen) atoms. The Balaban J connectivity index is 1.80. The van der Waals surface area contributed by atoms with Gasteiger partial charge in [0.1, 0.15) is 0 Å². The third kappa shape index (κ3) is 3.33. The second kappa shape index (κ2) is 5.83. The summed E-state index contributed by atoms with van der Waals surface area (Å²) < 4.78 is 1.15. The van der Waals surface area contributed by atoms with E-state index in [1.54, 1.807) is 0 Å². The van der Waals surface area contributed by atoms with Gasteiger partial charge in [-0.2, -0.15) is 0 Å². The quantitative estimate of drug-likeness (QED) is 0.876. The Labute approximate surface area is 107 Å². The van der Waals surface area contributed by atoms with E-state index in [0.29, 0.717) is 6.04 Å². The average molecular weight is 282 g/mol. The molecule has 0 amide bonds. The molecule has 2 heteroatoms. The molecule has 1 aliphatic rings. The standard InChI is InChI=1S/C14H20BrN/c1-11(13-4-2-3-5-13)16-10-12-6-8-14(15)9-7-12/h6-9,11,13,16H,2-5,10H2,1H3/t11-/m1/s1. The van der Waals surface area contributed by atoms with Crippen LogP contribution in [0.2, 0.25) is 0 Å². The Bertz CT molecular complexity index is 314. The van der Waals surface area contributed by atoms with Crippen LogP contribution in [0.3, 0.4) is 0 Å². The van der Waals surface area contributed by atoms with Gasteiger partial charge in [0.15, 0.2) is 0 Å². The summed E-state index contributed by atoms with van der Waals surface area (Å²) in [5.74, 6) is 0.899. The fraction of sp³-hybridized carbons (Fsp3) is 0.571. The van der Waals surface area contributed by atoms with Crippen LogP contribution in [0.1, 0.15) is 38.2 Å². The summed E-state index contributed by atoms with van der Waals surface area (Å²) in [7, 11) is 0. The lowest BCUT2D eigenvalue weighted by Crippen LogP contribution is -2.31. The Morgan fingerprint density at radius 2 is 1.88 bits per heavy atom. The molecule has 0 aliphatic heterocycles. The van der Waals surface area contributed by atoms with Crippen LogP contribution in [-0.2, 0) is 6.54 Å². The van der Waals surface area contributed by atoms with Gasteiger partial charge in [0.05, 0.1) is 0 Å². The van der Waals surface area contributed by atoms with Crippen LogP contribution in [0.15, 0.2) is 28.7 Å². The first kappa shape index (κ1) is 12.1. The Hall–Kier alpha value is -0.340. The molecular weight excluding hydrogens is 262 g/mol. The van der Waals surface area contributed by atoms with E-state index in [4.69, 9.17) is 0 Å². The monoisotopic (exact) mass is 281 g/mol. The van der Waals surface area contributed by atoms with Gasteiger partial charge < -0.3 is 5.32 Å². The van der Waals surface area contributed by atoms with E-state index in [9.17, 15) is 0 Å². The Morgan fingerprint density at radius 3 is 2.50 bits per heavy atom. The van der Waals surface area contributed by atoms with Gasteiger partial charge in [-0.1, -0.05) is 40.9 Å². The van der Waals surface area contributed by atoms with Gasteiger partial charge in [0.2, 0.25) is 0 Å². The first-order valence-electron chi connectivity index (χ1n) is 6.23. The molecule has 1 nitrogen and oxygen atoms in total. The predicted octanol–water partition coefficient (Wildman–Crippen LogP) is 4.12. The molecule has 1 saturated carbocycles. The normalized spacial score (nSPS) is 18.9. The molecule has 0 bridgehead atoms. The molecule has 0 saturated heterocycles. The van der Waals surface area contributed by atoms with Crippen LogP contribution in [0.25, 0.3) is 0 Å². The van der Waals surface area contributed by atoms with Gasteiger partial charge >= 0.3 is 0 Å². The highest BCUT2D eigenvalue weighted by atomic mass is 79.9. The molecule has 0 heterocycles. The van der Waals surface area contributed by atoms with E-state index in [-0.39, 0.29) is 0 Å². The highest BCUT2D eigenvalue weighted by Crippen LogP contribution is 2.27. The van der Waals surface area contributed by atoms with Gasteiger partial charge in [0, 0.05) is 17.1 Å². The first-order chi connectivity index (χ1) is 7.75. The molecule has 1 fully saturated rings. The number of rotatable bonds is 4. The second-order valence-electron chi connectivity index (χ2n) is 4.84. The van der Waals surface area contributed by atoms with Crippen LogP contribution < -0.4 is 5.32 Å². The lowest BCUT2D eigenvalue weighted by atomic mass is 9.99. The molecule has 0 radical (unpaired) electrons. The van der Waals surface area contributed by atoms with Crippen LogP contribution in [-0.4, -0.2) is 6.04 Å². The topological polar surface area (TPSA) is 12.0 Å². The molecular formula is C14H20BrN. The summed E-state index contributed by atoms with van der Waals surface area (Å²) in [5.41, 5.74) is 1.37. The number of halogens is 1. The molecule has 1 aromatic rings. The first-order valence-corrected chi connectivity index (χ1v) is 7.03. The molecule has 0 spiro atoms. The van der Waals surface area contributed by atoms with E-state index in [0.717, 1.165) is 16.9 Å².